The lowest BCUT2D eigenvalue weighted by atomic mass is 9.83. The molecule has 0 aromatic heterocycles. The average molecular weight is 304 g/mol. The highest BCUT2D eigenvalue weighted by molar-refractivity contribution is 7.89. The van der Waals surface area contributed by atoms with E-state index in [1.54, 1.807) is 6.07 Å². The van der Waals surface area contributed by atoms with Gasteiger partial charge in [-0.05, 0) is 62.3 Å². The van der Waals surface area contributed by atoms with E-state index in [9.17, 15) is 8.42 Å². The van der Waals surface area contributed by atoms with Crippen LogP contribution in [0.5, 0.6) is 0 Å². The first kappa shape index (κ1) is 14.6. The monoisotopic (exact) mass is 304 g/mol. The van der Waals surface area contributed by atoms with Gasteiger partial charge in [0.15, 0.2) is 0 Å². The number of rotatable bonds is 2. The molecule has 5 heteroatoms. The lowest BCUT2D eigenvalue weighted by molar-refractivity contribution is 0.232. The number of aryl methyl sites for hydroxylation is 2. The van der Waals surface area contributed by atoms with Crippen LogP contribution in [0.25, 0.3) is 0 Å². The Morgan fingerprint density at radius 1 is 1.19 bits per heavy atom. The zero-order chi connectivity index (χ0) is 15.1. The second-order valence-corrected chi connectivity index (χ2v) is 8.30. The zero-order valence-corrected chi connectivity index (χ0v) is 13.1. The highest BCUT2D eigenvalue weighted by Gasteiger charge is 2.35. The summed E-state index contributed by atoms with van der Waals surface area (Å²) in [7, 11) is -3.42. The summed E-state index contributed by atoms with van der Waals surface area (Å²) in [6, 6.07) is 7.84. The second kappa shape index (κ2) is 5.11. The second-order valence-electron chi connectivity index (χ2n) is 6.36. The molecule has 21 heavy (non-hydrogen) atoms. The predicted molar refractivity (Wildman–Crippen MR) is 80.2 cm³/mol. The SMILES string of the molecule is CC1(C#N)CCN(S(=O)(=O)c2ccc3c(c2)CCC3)CC1. The van der Waals surface area contributed by atoms with E-state index in [1.807, 2.05) is 19.1 Å². The Labute approximate surface area is 126 Å². The minimum Gasteiger partial charge on any atom is -0.207 e. The first-order valence-electron chi connectivity index (χ1n) is 7.48. The van der Waals surface area contributed by atoms with Crippen LogP contribution in [-0.2, 0) is 22.9 Å². The number of piperidine rings is 1. The van der Waals surface area contributed by atoms with E-state index in [2.05, 4.69) is 6.07 Å². The van der Waals surface area contributed by atoms with Gasteiger partial charge in [0.05, 0.1) is 16.4 Å². The molecule has 0 unspecified atom stereocenters. The smallest absolute Gasteiger partial charge is 0.207 e. The summed E-state index contributed by atoms with van der Waals surface area (Å²) in [5.74, 6) is 0. The molecule has 0 bridgehead atoms. The lowest BCUT2D eigenvalue weighted by Gasteiger charge is -2.34. The highest BCUT2D eigenvalue weighted by Crippen LogP contribution is 2.33. The summed E-state index contributed by atoms with van der Waals surface area (Å²) in [4.78, 5) is 0.406. The van der Waals surface area contributed by atoms with E-state index < -0.39 is 10.0 Å². The maximum Gasteiger partial charge on any atom is 0.243 e. The number of hydrogen-bond donors (Lipinski definition) is 0. The molecule has 0 saturated carbocycles. The normalized spacial score (nSPS) is 21.7. The van der Waals surface area contributed by atoms with E-state index in [4.69, 9.17) is 5.26 Å². The minimum atomic E-state index is -3.42. The molecule has 1 fully saturated rings. The number of nitriles is 1. The molecule has 0 N–H and O–H groups in total. The maximum atomic E-state index is 12.7. The van der Waals surface area contributed by atoms with Gasteiger partial charge in [-0.25, -0.2) is 8.42 Å². The van der Waals surface area contributed by atoms with Crippen LogP contribution >= 0.6 is 0 Å². The molecule has 1 aromatic rings. The summed E-state index contributed by atoms with van der Waals surface area (Å²) in [6.45, 7) is 2.78. The maximum absolute atomic E-state index is 12.7. The van der Waals surface area contributed by atoms with E-state index in [-0.39, 0.29) is 5.41 Å². The summed E-state index contributed by atoms with van der Waals surface area (Å²) >= 11 is 0. The highest BCUT2D eigenvalue weighted by atomic mass is 32.2. The topological polar surface area (TPSA) is 61.2 Å². The van der Waals surface area contributed by atoms with Crippen LogP contribution in [0.4, 0.5) is 0 Å². The molecule has 1 aromatic carbocycles. The molecule has 1 aliphatic carbocycles. The van der Waals surface area contributed by atoms with Gasteiger partial charge in [-0.3, -0.25) is 0 Å². The molecule has 0 spiro atoms. The number of sulfonamides is 1. The van der Waals surface area contributed by atoms with Crippen molar-refractivity contribution < 1.29 is 8.42 Å². The van der Waals surface area contributed by atoms with Crippen LogP contribution in [0.1, 0.15) is 37.3 Å². The summed E-state index contributed by atoms with van der Waals surface area (Å²) < 4.78 is 27.0. The minimum absolute atomic E-state index is 0.385. The number of fused-ring (bicyclic) bond motifs is 1. The summed E-state index contributed by atoms with van der Waals surface area (Å²) in [5.41, 5.74) is 2.07. The van der Waals surface area contributed by atoms with Crippen molar-refractivity contribution >= 4 is 10.0 Å². The third-order valence-electron chi connectivity index (χ3n) is 4.80. The fraction of sp³-hybridized carbons (Fsp3) is 0.562. The molecule has 1 heterocycles. The van der Waals surface area contributed by atoms with Gasteiger partial charge in [0.1, 0.15) is 0 Å². The molecule has 2 aliphatic rings. The Morgan fingerprint density at radius 3 is 2.52 bits per heavy atom. The van der Waals surface area contributed by atoms with Crippen LogP contribution in [0.15, 0.2) is 23.1 Å². The molecule has 0 amide bonds. The van der Waals surface area contributed by atoms with Gasteiger partial charge in [-0.15, -0.1) is 0 Å². The standard InChI is InChI=1S/C16H20N2O2S/c1-16(12-17)7-9-18(10-8-16)21(19,20)15-6-5-13-3-2-4-14(13)11-15/h5-6,11H,2-4,7-10H2,1H3. The summed E-state index contributed by atoms with van der Waals surface area (Å²) in [6.07, 6.45) is 4.36. The van der Waals surface area contributed by atoms with Gasteiger partial charge in [0.25, 0.3) is 0 Å². The average Bonchev–Trinajstić information content (AvgIpc) is 2.95. The molecule has 3 rings (SSSR count). The number of nitrogens with zero attached hydrogens (tertiary/aromatic N) is 2. The van der Waals surface area contributed by atoms with Crippen molar-refractivity contribution in [3.63, 3.8) is 0 Å². The quantitative estimate of drug-likeness (QED) is 0.843. The van der Waals surface area contributed by atoms with Gasteiger partial charge >= 0.3 is 0 Å². The van der Waals surface area contributed by atoms with Crippen LogP contribution in [0, 0.1) is 16.7 Å². The Bertz CT molecular complexity index is 695. The molecule has 0 radical (unpaired) electrons. The van der Waals surface area contributed by atoms with Gasteiger partial charge in [0.2, 0.25) is 10.0 Å². The van der Waals surface area contributed by atoms with Crippen molar-refractivity contribution in [3.8, 4) is 6.07 Å². The van der Waals surface area contributed by atoms with Gasteiger partial charge in [-0.2, -0.15) is 9.57 Å². The fourth-order valence-electron chi connectivity index (χ4n) is 3.19. The molecular weight excluding hydrogens is 284 g/mol. The van der Waals surface area contributed by atoms with Crippen LogP contribution in [0.2, 0.25) is 0 Å². The van der Waals surface area contributed by atoms with Crippen LogP contribution in [0.3, 0.4) is 0 Å². The Kier molecular flexibility index (Phi) is 3.54. The zero-order valence-electron chi connectivity index (χ0n) is 12.3. The molecule has 1 saturated heterocycles. The molecule has 4 nitrogen and oxygen atoms in total. The predicted octanol–water partition coefficient (Wildman–Crippen LogP) is 2.49. The number of hydrogen-bond acceptors (Lipinski definition) is 3. The van der Waals surface area contributed by atoms with Crippen LogP contribution < -0.4 is 0 Å². The largest absolute Gasteiger partial charge is 0.243 e. The Balaban J connectivity index is 1.84. The fourth-order valence-corrected chi connectivity index (χ4v) is 4.68. The van der Waals surface area contributed by atoms with E-state index >= 15 is 0 Å². The molecule has 112 valence electrons. The van der Waals surface area contributed by atoms with E-state index in [0.29, 0.717) is 30.8 Å². The third kappa shape index (κ3) is 2.58. The summed E-state index contributed by atoms with van der Waals surface area (Å²) in [5, 5.41) is 9.14. The van der Waals surface area contributed by atoms with Gasteiger partial charge < -0.3 is 0 Å². The molecular formula is C16H20N2O2S. The third-order valence-corrected chi connectivity index (χ3v) is 6.70. The number of benzene rings is 1. The van der Waals surface area contributed by atoms with Gasteiger partial charge in [0, 0.05) is 13.1 Å². The van der Waals surface area contributed by atoms with Crippen LogP contribution in [-0.4, -0.2) is 25.8 Å². The first-order chi connectivity index (χ1) is 9.94. The molecule has 0 atom stereocenters. The van der Waals surface area contributed by atoms with E-state index in [1.165, 1.54) is 15.4 Å². The van der Waals surface area contributed by atoms with E-state index in [0.717, 1.165) is 19.3 Å². The Morgan fingerprint density at radius 2 is 1.86 bits per heavy atom. The van der Waals surface area contributed by atoms with Gasteiger partial charge in [-0.1, -0.05) is 6.07 Å². The van der Waals surface area contributed by atoms with Crippen molar-refractivity contribution in [2.75, 3.05) is 13.1 Å². The van der Waals surface area contributed by atoms with Crippen molar-refractivity contribution in [3.05, 3.63) is 29.3 Å². The van der Waals surface area contributed by atoms with Crippen molar-refractivity contribution in [2.45, 2.75) is 43.9 Å². The van der Waals surface area contributed by atoms with Crippen molar-refractivity contribution in [1.29, 1.82) is 5.26 Å². The molecule has 1 aliphatic heterocycles. The lowest BCUT2D eigenvalue weighted by Crippen LogP contribution is -2.41. The van der Waals surface area contributed by atoms with Crippen molar-refractivity contribution in [2.24, 2.45) is 5.41 Å². The Hall–Kier alpha value is -1.38. The first-order valence-corrected chi connectivity index (χ1v) is 8.92. The van der Waals surface area contributed by atoms with Crippen molar-refractivity contribution in [1.82, 2.24) is 4.31 Å².